The van der Waals surface area contributed by atoms with Gasteiger partial charge in [0.25, 0.3) is 0 Å². The van der Waals surface area contributed by atoms with E-state index in [2.05, 4.69) is 34.9 Å². The smallest absolute Gasteiger partial charge is 0.203 e. The molecule has 1 aliphatic rings. The maximum atomic E-state index is 5.11. The Hall–Kier alpha value is -1.03. The summed E-state index contributed by atoms with van der Waals surface area (Å²) in [5, 5.41) is 3.38. The minimum absolute atomic E-state index is 0.295. The Morgan fingerprint density at radius 3 is 3.00 bits per heavy atom. The van der Waals surface area contributed by atoms with Gasteiger partial charge in [0.05, 0.1) is 6.61 Å². The lowest BCUT2D eigenvalue weighted by molar-refractivity contribution is 0.188. The van der Waals surface area contributed by atoms with Gasteiger partial charge in [0, 0.05) is 31.6 Å². The van der Waals surface area contributed by atoms with Gasteiger partial charge < -0.3 is 14.6 Å². The maximum absolute atomic E-state index is 5.11. The molecule has 2 rings (SSSR count). The van der Waals surface area contributed by atoms with Crippen LogP contribution in [0.3, 0.4) is 0 Å². The number of aromatic nitrogens is 2. The van der Waals surface area contributed by atoms with Crippen LogP contribution in [0.1, 0.15) is 32.7 Å². The summed E-state index contributed by atoms with van der Waals surface area (Å²) in [4.78, 5) is 4.36. The lowest BCUT2D eigenvalue weighted by Crippen LogP contribution is -2.28. The van der Waals surface area contributed by atoms with Crippen LogP contribution >= 0.6 is 0 Å². The highest BCUT2D eigenvalue weighted by Gasteiger charge is 2.28. The SMILES string of the molecule is COCC(C)Nc1nccn1C1CC(C)C1. The molecule has 0 radical (unpaired) electrons. The topological polar surface area (TPSA) is 39.1 Å². The number of nitrogens with one attached hydrogen (secondary N) is 1. The fourth-order valence-electron chi connectivity index (χ4n) is 2.32. The van der Waals surface area contributed by atoms with Gasteiger partial charge in [-0.05, 0) is 25.7 Å². The van der Waals surface area contributed by atoms with Gasteiger partial charge in [-0.15, -0.1) is 0 Å². The van der Waals surface area contributed by atoms with Crippen LogP contribution < -0.4 is 5.32 Å². The number of rotatable bonds is 5. The van der Waals surface area contributed by atoms with Crippen LogP contribution in [0.5, 0.6) is 0 Å². The molecule has 0 amide bonds. The number of hydrogen-bond acceptors (Lipinski definition) is 3. The molecule has 0 spiro atoms. The molecule has 0 aliphatic heterocycles. The highest BCUT2D eigenvalue weighted by atomic mass is 16.5. The molecule has 1 atom stereocenters. The summed E-state index contributed by atoms with van der Waals surface area (Å²) >= 11 is 0. The molecule has 1 aromatic rings. The van der Waals surface area contributed by atoms with E-state index in [0.29, 0.717) is 18.7 Å². The van der Waals surface area contributed by atoms with Crippen molar-refractivity contribution in [2.75, 3.05) is 19.0 Å². The van der Waals surface area contributed by atoms with Gasteiger partial charge in [-0.1, -0.05) is 6.92 Å². The molecule has 1 saturated carbocycles. The van der Waals surface area contributed by atoms with Crippen molar-refractivity contribution in [2.24, 2.45) is 5.92 Å². The number of methoxy groups -OCH3 is 1. The zero-order chi connectivity index (χ0) is 11.5. The van der Waals surface area contributed by atoms with Gasteiger partial charge in [-0.25, -0.2) is 4.98 Å². The van der Waals surface area contributed by atoms with Crippen molar-refractivity contribution in [1.29, 1.82) is 0 Å². The highest BCUT2D eigenvalue weighted by Crippen LogP contribution is 2.38. The van der Waals surface area contributed by atoms with E-state index >= 15 is 0 Å². The second kappa shape index (κ2) is 4.87. The standard InChI is InChI=1S/C12H21N3O/c1-9-6-11(7-9)15-5-4-13-12(15)14-10(2)8-16-3/h4-5,9-11H,6-8H2,1-3H3,(H,13,14). The molecule has 1 unspecified atom stereocenters. The Labute approximate surface area is 97.0 Å². The summed E-state index contributed by atoms with van der Waals surface area (Å²) < 4.78 is 7.37. The Balaban J connectivity index is 1.96. The van der Waals surface area contributed by atoms with Crippen molar-refractivity contribution in [2.45, 2.75) is 38.8 Å². The summed E-state index contributed by atoms with van der Waals surface area (Å²) in [6, 6.07) is 0.929. The number of hydrogen-bond donors (Lipinski definition) is 1. The van der Waals surface area contributed by atoms with Crippen molar-refractivity contribution in [3.63, 3.8) is 0 Å². The van der Waals surface area contributed by atoms with E-state index in [-0.39, 0.29) is 0 Å². The van der Waals surface area contributed by atoms with E-state index < -0.39 is 0 Å². The molecule has 4 nitrogen and oxygen atoms in total. The van der Waals surface area contributed by atoms with Gasteiger partial charge in [0.15, 0.2) is 0 Å². The molecule has 90 valence electrons. The molecule has 0 bridgehead atoms. The summed E-state index contributed by atoms with van der Waals surface area (Å²) in [6.07, 6.45) is 6.47. The molecular formula is C12H21N3O. The zero-order valence-electron chi connectivity index (χ0n) is 10.3. The van der Waals surface area contributed by atoms with Gasteiger partial charge in [-0.2, -0.15) is 0 Å². The fraction of sp³-hybridized carbons (Fsp3) is 0.750. The van der Waals surface area contributed by atoms with Crippen LogP contribution in [-0.4, -0.2) is 29.3 Å². The first-order chi connectivity index (χ1) is 7.70. The average Bonchev–Trinajstić information content (AvgIpc) is 2.61. The van der Waals surface area contributed by atoms with Crippen LogP contribution in [0.4, 0.5) is 5.95 Å². The first kappa shape index (κ1) is 11.5. The minimum Gasteiger partial charge on any atom is -0.383 e. The van der Waals surface area contributed by atoms with Crippen molar-refractivity contribution in [3.8, 4) is 0 Å². The molecule has 0 aromatic carbocycles. The maximum Gasteiger partial charge on any atom is 0.203 e. The van der Waals surface area contributed by atoms with Crippen molar-refractivity contribution >= 4 is 5.95 Å². The predicted octanol–water partition coefficient (Wildman–Crippen LogP) is 2.30. The monoisotopic (exact) mass is 223 g/mol. The molecule has 0 saturated heterocycles. The van der Waals surface area contributed by atoms with E-state index in [1.165, 1.54) is 12.8 Å². The normalized spacial score (nSPS) is 26.2. The highest BCUT2D eigenvalue weighted by molar-refractivity contribution is 5.28. The average molecular weight is 223 g/mol. The lowest BCUT2D eigenvalue weighted by atomic mass is 9.82. The van der Waals surface area contributed by atoms with Gasteiger partial charge in [0.2, 0.25) is 5.95 Å². The van der Waals surface area contributed by atoms with E-state index in [9.17, 15) is 0 Å². The quantitative estimate of drug-likeness (QED) is 0.832. The molecule has 4 heteroatoms. The molecule has 1 aliphatic carbocycles. The van der Waals surface area contributed by atoms with Crippen LogP contribution in [0.2, 0.25) is 0 Å². The van der Waals surface area contributed by atoms with Crippen LogP contribution in [0.15, 0.2) is 12.4 Å². The zero-order valence-corrected chi connectivity index (χ0v) is 10.3. The molecule has 16 heavy (non-hydrogen) atoms. The van der Waals surface area contributed by atoms with Gasteiger partial charge in [-0.3, -0.25) is 0 Å². The van der Waals surface area contributed by atoms with E-state index in [1.807, 2.05) is 6.20 Å². The van der Waals surface area contributed by atoms with Crippen LogP contribution in [0, 0.1) is 5.92 Å². The summed E-state index contributed by atoms with van der Waals surface area (Å²) in [6.45, 7) is 5.11. The fourth-order valence-corrected chi connectivity index (χ4v) is 2.32. The van der Waals surface area contributed by atoms with Crippen molar-refractivity contribution in [3.05, 3.63) is 12.4 Å². The lowest BCUT2D eigenvalue weighted by Gasteiger charge is -2.34. The summed E-state index contributed by atoms with van der Waals surface area (Å²) in [7, 11) is 1.72. The third-order valence-corrected chi connectivity index (χ3v) is 3.20. The van der Waals surface area contributed by atoms with E-state index in [0.717, 1.165) is 11.9 Å². The van der Waals surface area contributed by atoms with E-state index in [1.54, 1.807) is 7.11 Å². The molecule has 1 N–H and O–H groups in total. The van der Waals surface area contributed by atoms with Crippen LogP contribution in [0.25, 0.3) is 0 Å². The Kier molecular flexibility index (Phi) is 3.49. The first-order valence-electron chi connectivity index (χ1n) is 5.99. The Morgan fingerprint density at radius 2 is 2.38 bits per heavy atom. The third kappa shape index (κ3) is 2.38. The summed E-state index contributed by atoms with van der Waals surface area (Å²) in [5.41, 5.74) is 0. The Morgan fingerprint density at radius 1 is 1.62 bits per heavy atom. The van der Waals surface area contributed by atoms with Crippen LogP contribution in [-0.2, 0) is 4.74 Å². The number of anilines is 1. The first-order valence-corrected chi connectivity index (χ1v) is 5.99. The molecular weight excluding hydrogens is 202 g/mol. The third-order valence-electron chi connectivity index (χ3n) is 3.20. The molecule has 1 aromatic heterocycles. The minimum atomic E-state index is 0.295. The second-order valence-electron chi connectivity index (χ2n) is 4.89. The number of ether oxygens (including phenoxy) is 1. The summed E-state index contributed by atoms with van der Waals surface area (Å²) in [5.74, 6) is 1.83. The molecule has 1 heterocycles. The predicted molar refractivity (Wildman–Crippen MR) is 64.6 cm³/mol. The van der Waals surface area contributed by atoms with Gasteiger partial charge >= 0.3 is 0 Å². The Bertz CT molecular complexity index is 331. The molecule has 1 fully saturated rings. The largest absolute Gasteiger partial charge is 0.383 e. The number of nitrogens with zero attached hydrogens (tertiary/aromatic N) is 2. The second-order valence-corrected chi connectivity index (χ2v) is 4.89. The van der Waals surface area contributed by atoms with Gasteiger partial charge in [0.1, 0.15) is 0 Å². The number of imidazole rings is 1. The van der Waals surface area contributed by atoms with Crippen molar-refractivity contribution in [1.82, 2.24) is 9.55 Å². The van der Waals surface area contributed by atoms with Crippen molar-refractivity contribution < 1.29 is 4.74 Å². The van der Waals surface area contributed by atoms with E-state index in [4.69, 9.17) is 4.74 Å².